The van der Waals surface area contributed by atoms with Crippen molar-refractivity contribution >= 4 is 0 Å². The topological polar surface area (TPSA) is 40.5 Å². The van der Waals surface area contributed by atoms with Crippen LogP contribution >= 0.6 is 0 Å². The van der Waals surface area contributed by atoms with Crippen LogP contribution in [0.3, 0.4) is 0 Å². The molecule has 0 amide bonds. The Morgan fingerprint density at radius 2 is 1.15 bits per heavy atom. The summed E-state index contributed by atoms with van der Waals surface area (Å²) in [7, 11) is 0. The molecule has 0 spiro atoms. The van der Waals surface area contributed by atoms with Crippen LogP contribution in [0.25, 0.3) is 0 Å². The lowest BCUT2D eigenvalue weighted by atomic mass is 9.63. The van der Waals surface area contributed by atoms with Gasteiger partial charge in [0.2, 0.25) is 0 Å². The number of benzene rings is 3. The zero-order chi connectivity index (χ0) is 18.7. The monoisotopic (exact) mass is 354 g/mol. The van der Waals surface area contributed by atoms with Crippen molar-refractivity contribution in [3.63, 3.8) is 0 Å². The predicted octanol–water partition coefficient (Wildman–Crippen LogP) is 5.71. The minimum atomic E-state index is -0.479. The normalized spacial score (nSPS) is 14.0. The summed E-state index contributed by atoms with van der Waals surface area (Å²) in [5.74, 6) is 0.507. The number of hydrogen-bond donors (Lipinski definition) is 2. The second-order valence-corrected chi connectivity index (χ2v) is 6.87. The van der Waals surface area contributed by atoms with Crippen molar-refractivity contribution in [2.45, 2.75) is 18.3 Å². The second-order valence-electron chi connectivity index (χ2n) is 6.87. The number of rotatable bonds is 4. The first kappa shape index (κ1) is 17.2. The predicted molar refractivity (Wildman–Crippen MR) is 109 cm³/mol. The van der Waals surface area contributed by atoms with E-state index in [1.165, 1.54) is 11.1 Å². The second kappa shape index (κ2) is 7.16. The van der Waals surface area contributed by atoms with E-state index < -0.39 is 5.41 Å². The molecule has 0 aliphatic heterocycles. The molecule has 0 unspecified atom stereocenters. The van der Waals surface area contributed by atoms with Gasteiger partial charge in [-0.3, -0.25) is 0 Å². The Kier molecular flexibility index (Phi) is 4.55. The van der Waals surface area contributed by atoms with Gasteiger partial charge in [0, 0.05) is 0 Å². The highest BCUT2D eigenvalue weighted by Crippen LogP contribution is 2.48. The van der Waals surface area contributed by atoms with E-state index in [9.17, 15) is 10.2 Å². The van der Waals surface area contributed by atoms with Gasteiger partial charge < -0.3 is 10.2 Å². The summed E-state index contributed by atoms with van der Waals surface area (Å²) in [6.45, 7) is 0. The van der Waals surface area contributed by atoms with Gasteiger partial charge in [-0.1, -0.05) is 78.4 Å². The van der Waals surface area contributed by atoms with Crippen molar-refractivity contribution in [1.29, 1.82) is 0 Å². The van der Waals surface area contributed by atoms with Gasteiger partial charge in [0.1, 0.15) is 11.5 Å². The first-order chi connectivity index (χ1) is 13.2. The van der Waals surface area contributed by atoms with Crippen molar-refractivity contribution in [2.75, 3.05) is 0 Å². The van der Waals surface area contributed by atoms with Gasteiger partial charge in [-0.25, -0.2) is 0 Å². The molecule has 0 saturated heterocycles. The third-order valence-corrected chi connectivity index (χ3v) is 5.30. The number of aromatic hydroxyl groups is 2. The summed E-state index contributed by atoms with van der Waals surface area (Å²) >= 11 is 0. The number of phenols is 2. The van der Waals surface area contributed by atoms with Crippen molar-refractivity contribution in [1.82, 2.24) is 0 Å². The molecule has 4 rings (SSSR count). The van der Waals surface area contributed by atoms with Crippen LogP contribution in [0.15, 0.2) is 103 Å². The van der Waals surface area contributed by atoms with Gasteiger partial charge in [-0.15, -0.1) is 0 Å². The van der Waals surface area contributed by atoms with E-state index in [0.717, 1.165) is 24.0 Å². The summed E-state index contributed by atoms with van der Waals surface area (Å²) in [6.07, 6.45) is 8.46. The molecule has 0 atom stereocenters. The number of hydrogen-bond acceptors (Lipinski definition) is 2. The van der Waals surface area contributed by atoms with Gasteiger partial charge in [-0.2, -0.15) is 0 Å². The summed E-state index contributed by atoms with van der Waals surface area (Å²) in [6, 6.07) is 25.4. The molecule has 0 saturated carbocycles. The highest BCUT2D eigenvalue weighted by Gasteiger charge is 2.39. The van der Waals surface area contributed by atoms with Crippen LogP contribution in [0.5, 0.6) is 11.5 Å². The number of allylic oxidation sites excluding steroid dienone is 4. The molecule has 0 bridgehead atoms. The molecule has 0 radical (unpaired) electrons. The van der Waals surface area contributed by atoms with Crippen LogP contribution in [0.4, 0.5) is 0 Å². The molecule has 2 heteroatoms. The van der Waals surface area contributed by atoms with E-state index in [0.29, 0.717) is 0 Å². The van der Waals surface area contributed by atoms with E-state index in [1.807, 2.05) is 30.3 Å². The van der Waals surface area contributed by atoms with E-state index in [1.54, 1.807) is 24.3 Å². The van der Waals surface area contributed by atoms with E-state index in [4.69, 9.17) is 0 Å². The Hall–Kier alpha value is -3.26. The quantitative estimate of drug-likeness (QED) is 0.589. The average Bonchev–Trinajstić information content (AvgIpc) is 2.73. The Morgan fingerprint density at radius 3 is 1.63 bits per heavy atom. The van der Waals surface area contributed by atoms with Crippen molar-refractivity contribution < 1.29 is 10.2 Å². The third kappa shape index (κ3) is 3.04. The van der Waals surface area contributed by atoms with Gasteiger partial charge in [-0.05, 0) is 53.8 Å². The van der Waals surface area contributed by atoms with Crippen molar-refractivity contribution in [3.05, 3.63) is 119 Å². The lowest BCUT2D eigenvalue weighted by Crippen LogP contribution is -2.32. The number of phenolic OH excluding ortho intramolecular Hbond substituents is 2. The Bertz CT molecular complexity index is 920. The van der Waals surface area contributed by atoms with Gasteiger partial charge in [0.15, 0.2) is 0 Å². The molecule has 3 aromatic rings. The molecular formula is C25H22O2. The third-order valence-electron chi connectivity index (χ3n) is 5.30. The zero-order valence-electron chi connectivity index (χ0n) is 15.0. The summed E-state index contributed by atoms with van der Waals surface area (Å²) < 4.78 is 0. The maximum Gasteiger partial charge on any atom is 0.115 e. The molecule has 0 aromatic heterocycles. The highest BCUT2D eigenvalue weighted by atomic mass is 16.3. The standard InChI is InChI=1S/C25H22O2/c26-23-15-11-21(12-16-23)25(19-7-3-1-4-8-19,20-9-5-2-6-10-20)22-13-17-24(27)18-14-22/h1-5,7-9,11-18,26-27H,6,10H2. The minimum absolute atomic E-state index is 0.254. The molecule has 1 aliphatic carbocycles. The van der Waals surface area contributed by atoms with E-state index >= 15 is 0 Å². The first-order valence-corrected chi connectivity index (χ1v) is 9.22. The molecule has 2 N–H and O–H groups in total. The Morgan fingerprint density at radius 1 is 0.630 bits per heavy atom. The summed E-state index contributed by atoms with van der Waals surface area (Å²) in [5.41, 5.74) is 4.18. The van der Waals surface area contributed by atoms with Crippen LogP contribution in [0.1, 0.15) is 29.5 Å². The van der Waals surface area contributed by atoms with Gasteiger partial charge >= 0.3 is 0 Å². The Balaban J connectivity index is 2.08. The van der Waals surface area contributed by atoms with Gasteiger partial charge in [0.25, 0.3) is 0 Å². The average molecular weight is 354 g/mol. The molecule has 27 heavy (non-hydrogen) atoms. The molecule has 3 aromatic carbocycles. The minimum Gasteiger partial charge on any atom is -0.508 e. The van der Waals surface area contributed by atoms with Crippen molar-refractivity contribution in [2.24, 2.45) is 0 Å². The maximum absolute atomic E-state index is 9.85. The highest BCUT2D eigenvalue weighted by molar-refractivity contribution is 5.60. The lowest BCUT2D eigenvalue weighted by Gasteiger charge is -2.39. The first-order valence-electron chi connectivity index (χ1n) is 9.22. The van der Waals surface area contributed by atoms with Crippen molar-refractivity contribution in [3.8, 4) is 11.5 Å². The molecular weight excluding hydrogens is 332 g/mol. The fourth-order valence-electron chi connectivity index (χ4n) is 4.08. The zero-order valence-corrected chi connectivity index (χ0v) is 15.0. The molecule has 134 valence electrons. The summed E-state index contributed by atoms with van der Waals surface area (Å²) in [4.78, 5) is 0. The lowest BCUT2D eigenvalue weighted by molar-refractivity contribution is 0.474. The van der Waals surface area contributed by atoms with Crippen LogP contribution in [-0.4, -0.2) is 10.2 Å². The SMILES string of the molecule is Oc1ccc(C(C2=CC=CCC2)(c2ccccc2)c2ccc(O)cc2)cc1. The van der Waals surface area contributed by atoms with E-state index in [2.05, 4.69) is 42.5 Å². The van der Waals surface area contributed by atoms with Crippen LogP contribution in [0, 0.1) is 0 Å². The van der Waals surface area contributed by atoms with Crippen LogP contribution in [-0.2, 0) is 5.41 Å². The fraction of sp³-hybridized carbons (Fsp3) is 0.120. The Labute approximate surface area is 159 Å². The smallest absolute Gasteiger partial charge is 0.115 e. The fourth-order valence-corrected chi connectivity index (χ4v) is 4.08. The van der Waals surface area contributed by atoms with Crippen LogP contribution < -0.4 is 0 Å². The van der Waals surface area contributed by atoms with Crippen LogP contribution in [0.2, 0.25) is 0 Å². The molecule has 1 aliphatic rings. The molecule has 2 nitrogen and oxygen atoms in total. The van der Waals surface area contributed by atoms with Gasteiger partial charge in [0.05, 0.1) is 5.41 Å². The molecule has 0 fully saturated rings. The molecule has 0 heterocycles. The van der Waals surface area contributed by atoms with E-state index in [-0.39, 0.29) is 11.5 Å². The summed E-state index contributed by atoms with van der Waals surface area (Å²) in [5, 5.41) is 19.7. The maximum atomic E-state index is 9.85. The largest absolute Gasteiger partial charge is 0.508 e.